The highest BCUT2D eigenvalue weighted by Gasteiger charge is 2.38. The molecular weight excluding hydrogens is 453 g/mol. The molecule has 0 saturated carbocycles. The first-order chi connectivity index (χ1) is 15.2. The van der Waals surface area contributed by atoms with Crippen molar-refractivity contribution in [3.05, 3.63) is 11.6 Å². The molecule has 1 aliphatic rings. The third kappa shape index (κ3) is 12.8. The maximum atomic E-state index is 12.4. The number of nitrogens with two attached hydrogens (primary N) is 1. The Balaban J connectivity index is 0.00000126. The summed E-state index contributed by atoms with van der Waals surface area (Å²) in [5.41, 5.74) is 6.34. The number of amides is 1. The number of ether oxygens (including phenoxy) is 2. The summed E-state index contributed by atoms with van der Waals surface area (Å²) in [4.78, 5) is 42.6. The third-order valence-electron chi connectivity index (χ3n) is 4.43. The maximum Gasteiger partial charge on any atom is 0.397 e. The predicted octanol–water partition coefficient (Wildman–Crippen LogP) is 1.76. The van der Waals surface area contributed by atoms with Crippen LogP contribution in [0.1, 0.15) is 52.9 Å². The normalized spacial score (nSPS) is 20.2. The Morgan fingerprint density at radius 1 is 1.15 bits per heavy atom. The van der Waals surface area contributed by atoms with E-state index in [1.165, 1.54) is 6.08 Å². The molecule has 190 valence electrons. The summed E-state index contributed by atoms with van der Waals surface area (Å²) in [6.45, 7) is 5.67. The van der Waals surface area contributed by atoms with E-state index < -0.39 is 61.0 Å². The van der Waals surface area contributed by atoms with Crippen LogP contribution in [-0.4, -0.2) is 71.1 Å². The molecule has 5 N–H and O–H groups in total. The summed E-state index contributed by atoms with van der Waals surface area (Å²) in [5, 5.41) is 17.7. The summed E-state index contributed by atoms with van der Waals surface area (Å²) in [6, 6.07) is -1.63. The Kier molecular flexibility index (Phi) is 13.3. The van der Waals surface area contributed by atoms with Crippen LogP contribution in [0.5, 0.6) is 0 Å². The van der Waals surface area contributed by atoms with Gasteiger partial charge in [0.15, 0.2) is 0 Å². The fourth-order valence-electron chi connectivity index (χ4n) is 2.93. The molecule has 0 bridgehead atoms. The Bertz CT molecular complexity index is 696. The molecular formula is C20H31F3N2O8. The van der Waals surface area contributed by atoms with E-state index in [1.54, 1.807) is 6.92 Å². The molecule has 0 aliphatic heterocycles. The van der Waals surface area contributed by atoms with Crippen molar-refractivity contribution in [2.45, 2.75) is 83.3 Å². The van der Waals surface area contributed by atoms with Gasteiger partial charge in [-0.15, -0.1) is 0 Å². The fraction of sp³-hybridized carbons (Fsp3) is 0.700. The first-order valence-electron chi connectivity index (χ1n) is 10.3. The Labute approximate surface area is 189 Å². The molecule has 0 spiro atoms. The third-order valence-corrected chi connectivity index (χ3v) is 4.43. The first kappa shape index (κ1) is 30.3. The van der Waals surface area contributed by atoms with E-state index in [4.69, 9.17) is 25.4 Å². The summed E-state index contributed by atoms with van der Waals surface area (Å²) in [7, 11) is 0. The maximum absolute atomic E-state index is 12.4. The number of alkyl halides is 3. The van der Waals surface area contributed by atoms with E-state index in [2.05, 4.69) is 5.32 Å². The molecule has 3 atom stereocenters. The van der Waals surface area contributed by atoms with Crippen molar-refractivity contribution in [2.24, 2.45) is 5.73 Å². The van der Waals surface area contributed by atoms with Crippen molar-refractivity contribution >= 4 is 23.8 Å². The van der Waals surface area contributed by atoms with Crippen LogP contribution in [0.3, 0.4) is 0 Å². The van der Waals surface area contributed by atoms with Gasteiger partial charge in [-0.25, -0.2) is 4.79 Å². The number of esters is 1. The Hall–Kier alpha value is -2.67. The number of carbonyl (C=O) groups excluding carboxylic acids is 2. The van der Waals surface area contributed by atoms with Crippen LogP contribution in [0.25, 0.3) is 0 Å². The van der Waals surface area contributed by atoms with Crippen LogP contribution >= 0.6 is 0 Å². The summed E-state index contributed by atoms with van der Waals surface area (Å²) in [5.74, 6) is -4.34. The van der Waals surface area contributed by atoms with Gasteiger partial charge in [0.25, 0.3) is 0 Å². The zero-order valence-corrected chi connectivity index (χ0v) is 18.7. The summed E-state index contributed by atoms with van der Waals surface area (Å²) < 4.78 is 48.2. The largest absolute Gasteiger partial charge is 0.481 e. The number of carbonyl (C=O) groups is 4. The number of aliphatic carboxylic acids is 2. The van der Waals surface area contributed by atoms with Crippen LogP contribution in [0.15, 0.2) is 11.6 Å². The monoisotopic (exact) mass is 484 g/mol. The molecule has 1 amide bonds. The summed E-state index contributed by atoms with van der Waals surface area (Å²) in [6.07, 6.45) is -5.06. The summed E-state index contributed by atoms with van der Waals surface area (Å²) >= 11 is 0. The van der Waals surface area contributed by atoms with Gasteiger partial charge in [-0.2, -0.15) is 13.2 Å². The average molecular weight is 484 g/mol. The molecule has 0 unspecified atom stereocenters. The second kappa shape index (κ2) is 14.5. The van der Waals surface area contributed by atoms with Crippen LogP contribution < -0.4 is 11.1 Å². The van der Waals surface area contributed by atoms with Crippen molar-refractivity contribution in [3.8, 4) is 0 Å². The molecule has 0 heterocycles. The van der Waals surface area contributed by atoms with E-state index >= 15 is 0 Å². The molecule has 33 heavy (non-hydrogen) atoms. The number of carboxylic acids is 2. The second-order valence-electron chi connectivity index (χ2n) is 7.17. The van der Waals surface area contributed by atoms with E-state index in [1.807, 2.05) is 13.8 Å². The van der Waals surface area contributed by atoms with Gasteiger partial charge >= 0.3 is 24.1 Å². The molecule has 0 saturated heterocycles. The fourth-order valence-corrected chi connectivity index (χ4v) is 2.93. The molecule has 1 aliphatic carbocycles. The molecule has 13 heteroatoms. The van der Waals surface area contributed by atoms with Crippen LogP contribution in [0.2, 0.25) is 0 Å². The van der Waals surface area contributed by atoms with Gasteiger partial charge in [0.1, 0.15) is 12.8 Å². The van der Waals surface area contributed by atoms with E-state index in [9.17, 15) is 32.3 Å². The Morgan fingerprint density at radius 2 is 1.70 bits per heavy atom. The standard InChI is InChI=1S/C17H27F3N2O4.C3H4O4/c1-4-11(5-2)26-13-8-10(16(24)25-6-3)7-12(21)15(13)22-14(23)9-17(18,19)20;4-2(5)1-3(6)7/h8,11-13,15H,4-7,9,21H2,1-3H3,(H,22,23);1H2,(H,4,5)(H,6,7)/t12-,13+,15+;/m0./s1. The van der Waals surface area contributed by atoms with Crippen molar-refractivity contribution in [2.75, 3.05) is 6.61 Å². The van der Waals surface area contributed by atoms with Gasteiger partial charge in [0, 0.05) is 11.6 Å². The number of carboxylic acid groups (broad SMARTS) is 2. The van der Waals surface area contributed by atoms with Crippen molar-refractivity contribution < 1.29 is 52.0 Å². The van der Waals surface area contributed by atoms with E-state index in [0.717, 1.165) is 0 Å². The number of halogens is 3. The minimum atomic E-state index is -4.61. The van der Waals surface area contributed by atoms with Crippen LogP contribution in [0, 0.1) is 0 Å². The predicted molar refractivity (Wildman–Crippen MR) is 109 cm³/mol. The smallest absolute Gasteiger partial charge is 0.397 e. The average Bonchev–Trinajstić information content (AvgIpc) is 2.66. The number of hydrogen-bond donors (Lipinski definition) is 4. The minimum Gasteiger partial charge on any atom is -0.481 e. The van der Waals surface area contributed by atoms with Crippen molar-refractivity contribution in [1.29, 1.82) is 0 Å². The highest BCUT2D eigenvalue weighted by molar-refractivity contribution is 5.89. The van der Waals surface area contributed by atoms with Gasteiger partial charge in [-0.05, 0) is 32.3 Å². The van der Waals surface area contributed by atoms with Gasteiger partial charge < -0.3 is 30.7 Å². The quantitative estimate of drug-likeness (QED) is 0.267. The zero-order chi connectivity index (χ0) is 25.8. The molecule has 0 fully saturated rings. The first-order valence-corrected chi connectivity index (χ1v) is 10.3. The highest BCUT2D eigenvalue weighted by Crippen LogP contribution is 2.25. The molecule has 1 rings (SSSR count). The Morgan fingerprint density at radius 3 is 2.09 bits per heavy atom. The minimum absolute atomic E-state index is 0.0819. The highest BCUT2D eigenvalue weighted by atomic mass is 19.4. The van der Waals surface area contributed by atoms with Gasteiger partial charge in [-0.3, -0.25) is 14.4 Å². The van der Waals surface area contributed by atoms with Crippen LogP contribution in [-0.2, 0) is 28.7 Å². The van der Waals surface area contributed by atoms with Crippen LogP contribution in [0.4, 0.5) is 13.2 Å². The van der Waals surface area contributed by atoms with E-state index in [0.29, 0.717) is 18.4 Å². The lowest BCUT2D eigenvalue weighted by atomic mass is 9.88. The van der Waals surface area contributed by atoms with Gasteiger partial charge in [-0.1, -0.05) is 13.8 Å². The zero-order valence-electron chi connectivity index (χ0n) is 18.7. The number of hydrogen-bond acceptors (Lipinski definition) is 7. The van der Waals surface area contributed by atoms with Gasteiger partial charge in [0.2, 0.25) is 5.91 Å². The SMILES string of the molecule is CCOC(=O)C1=C[C@@H](OC(CC)CC)[C@H](NC(=O)CC(F)(F)F)[C@@H](N)C1.O=C(O)CC(=O)O. The lowest BCUT2D eigenvalue weighted by molar-refractivity contribution is -0.155. The van der Waals surface area contributed by atoms with Crippen molar-refractivity contribution in [3.63, 3.8) is 0 Å². The van der Waals surface area contributed by atoms with Gasteiger partial charge in [0.05, 0.1) is 24.9 Å². The van der Waals surface area contributed by atoms with E-state index in [-0.39, 0.29) is 19.1 Å². The number of nitrogens with one attached hydrogen (secondary N) is 1. The molecule has 0 aromatic rings. The molecule has 0 radical (unpaired) electrons. The lowest BCUT2D eigenvalue weighted by Crippen LogP contribution is -2.57. The topological polar surface area (TPSA) is 165 Å². The molecule has 0 aromatic carbocycles. The second-order valence-corrected chi connectivity index (χ2v) is 7.17. The molecule has 0 aromatic heterocycles. The lowest BCUT2D eigenvalue weighted by Gasteiger charge is -2.37. The molecule has 10 nitrogen and oxygen atoms in total. The van der Waals surface area contributed by atoms with Crippen molar-refractivity contribution in [1.82, 2.24) is 5.32 Å². The number of rotatable bonds is 10.